The number of hydrogen-bond donors (Lipinski definition) is 4. The van der Waals surface area contributed by atoms with E-state index in [0.717, 1.165) is 12.1 Å². The Morgan fingerprint density at radius 3 is 2.30 bits per heavy atom. The first kappa shape index (κ1) is 18.9. The third kappa shape index (κ3) is 4.45. The second kappa shape index (κ2) is 7.39. The van der Waals surface area contributed by atoms with Crippen molar-refractivity contribution in [2.24, 2.45) is 5.14 Å². The van der Waals surface area contributed by atoms with E-state index in [1.807, 2.05) is 0 Å². The molecule has 0 saturated carbocycles. The Morgan fingerprint density at radius 1 is 1.07 bits per heavy atom. The van der Waals surface area contributed by atoms with Gasteiger partial charge in [-0.2, -0.15) is 5.10 Å². The normalized spacial score (nSPS) is 11.2. The van der Waals surface area contributed by atoms with Crippen LogP contribution in [0.25, 0.3) is 11.3 Å². The van der Waals surface area contributed by atoms with Crippen molar-refractivity contribution in [3.63, 3.8) is 0 Å². The van der Waals surface area contributed by atoms with E-state index in [1.165, 1.54) is 36.4 Å². The Bertz CT molecular complexity index is 1080. The van der Waals surface area contributed by atoms with Gasteiger partial charge in [-0.3, -0.25) is 5.10 Å². The number of anilines is 2. The predicted molar refractivity (Wildman–Crippen MR) is 102 cm³/mol. The Labute approximate surface area is 158 Å². The molecule has 11 heteroatoms. The number of aromatic amines is 1. The quantitative estimate of drug-likeness (QED) is 0.493. The van der Waals surface area contributed by atoms with Crippen LogP contribution in [0.5, 0.6) is 0 Å². The molecule has 0 fully saturated rings. The zero-order chi connectivity index (χ0) is 19.6. The minimum absolute atomic E-state index is 0.0317. The van der Waals surface area contributed by atoms with Crippen molar-refractivity contribution >= 4 is 38.9 Å². The molecule has 0 aliphatic carbocycles. The van der Waals surface area contributed by atoms with Crippen molar-refractivity contribution < 1.29 is 17.2 Å². The van der Waals surface area contributed by atoms with E-state index >= 15 is 0 Å². The topological polar surface area (TPSA) is 113 Å². The molecule has 0 aliphatic heterocycles. The summed E-state index contributed by atoms with van der Waals surface area (Å²) in [5.41, 5.74) is 0.430. The predicted octanol–water partition coefficient (Wildman–Crippen LogP) is 2.81. The lowest BCUT2D eigenvalue weighted by molar-refractivity contribution is 0.588. The van der Waals surface area contributed by atoms with E-state index < -0.39 is 21.7 Å². The summed E-state index contributed by atoms with van der Waals surface area (Å²) in [6, 6.07) is 10.6. The maximum Gasteiger partial charge on any atom is 0.238 e. The smallest absolute Gasteiger partial charge is 0.238 e. The average molecular weight is 409 g/mol. The molecule has 0 unspecified atom stereocenters. The Morgan fingerprint density at radius 2 is 1.70 bits per heavy atom. The zero-order valence-corrected chi connectivity index (χ0v) is 15.2. The molecule has 5 N–H and O–H groups in total. The first-order valence-electron chi connectivity index (χ1n) is 7.45. The van der Waals surface area contributed by atoms with Crippen LogP contribution in [0.4, 0.5) is 20.3 Å². The van der Waals surface area contributed by atoms with Crippen molar-refractivity contribution in [2.45, 2.75) is 4.90 Å². The first-order valence-corrected chi connectivity index (χ1v) is 9.40. The second-order valence-corrected chi connectivity index (χ2v) is 7.38. The fourth-order valence-corrected chi connectivity index (χ4v) is 3.01. The van der Waals surface area contributed by atoms with Crippen LogP contribution in [-0.2, 0) is 10.0 Å². The zero-order valence-electron chi connectivity index (χ0n) is 13.5. The third-order valence-corrected chi connectivity index (χ3v) is 4.63. The molecule has 27 heavy (non-hydrogen) atoms. The lowest BCUT2D eigenvalue weighted by Crippen LogP contribution is -2.19. The lowest BCUT2D eigenvalue weighted by atomic mass is 10.1. The summed E-state index contributed by atoms with van der Waals surface area (Å²) in [5, 5.41) is 17.2. The molecule has 0 amide bonds. The Kier molecular flexibility index (Phi) is 5.17. The molecule has 0 radical (unpaired) electrons. The van der Waals surface area contributed by atoms with Gasteiger partial charge in [0, 0.05) is 11.8 Å². The van der Waals surface area contributed by atoms with Crippen molar-refractivity contribution in [2.75, 3.05) is 10.6 Å². The van der Waals surface area contributed by atoms with E-state index in [4.69, 9.17) is 17.4 Å². The summed E-state index contributed by atoms with van der Waals surface area (Å²) in [6.45, 7) is 0. The average Bonchev–Trinajstić information content (AvgIpc) is 3.02. The van der Waals surface area contributed by atoms with Crippen molar-refractivity contribution in [1.29, 1.82) is 0 Å². The van der Waals surface area contributed by atoms with E-state index in [0.29, 0.717) is 5.69 Å². The number of aromatic nitrogens is 2. The maximum absolute atomic E-state index is 13.8. The first-order chi connectivity index (χ1) is 12.7. The highest BCUT2D eigenvalue weighted by Crippen LogP contribution is 2.25. The number of rotatable bonds is 4. The van der Waals surface area contributed by atoms with Gasteiger partial charge in [-0.25, -0.2) is 22.3 Å². The van der Waals surface area contributed by atoms with Gasteiger partial charge in [0.25, 0.3) is 0 Å². The van der Waals surface area contributed by atoms with E-state index in [-0.39, 0.29) is 27.1 Å². The minimum Gasteiger partial charge on any atom is -0.332 e. The van der Waals surface area contributed by atoms with E-state index in [2.05, 4.69) is 20.8 Å². The van der Waals surface area contributed by atoms with Crippen LogP contribution in [0.2, 0.25) is 0 Å². The molecule has 0 spiro atoms. The molecular formula is C16H13F2N5O2S2. The molecule has 140 valence electrons. The summed E-state index contributed by atoms with van der Waals surface area (Å²) >= 11 is 5.13. The van der Waals surface area contributed by atoms with Gasteiger partial charge in [-0.1, -0.05) is 6.07 Å². The van der Waals surface area contributed by atoms with E-state index in [9.17, 15) is 17.2 Å². The van der Waals surface area contributed by atoms with E-state index in [1.54, 1.807) is 0 Å². The fourth-order valence-electron chi connectivity index (χ4n) is 2.28. The molecule has 0 saturated heterocycles. The van der Waals surface area contributed by atoms with Crippen LogP contribution < -0.4 is 15.8 Å². The second-order valence-electron chi connectivity index (χ2n) is 5.41. The summed E-state index contributed by atoms with van der Waals surface area (Å²) in [4.78, 5) is -0.0317. The fraction of sp³-hybridized carbons (Fsp3) is 0. The highest BCUT2D eigenvalue weighted by molar-refractivity contribution is 7.89. The van der Waals surface area contributed by atoms with Gasteiger partial charge in [0.15, 0.2) is 10.9 Å². The van der Waals surface area contributed by atoms with Gasteiger partial charge in [-0.05, 0) is 48.6 Å². The number of benzene rings is 2. The molecule has 3 aromatic rings. The van der Waals surface area contributed by atoms with Crippen LogP contribution in [0.3, 0.4) is 0 Å². The van der Waals surface area contributed by atoms with Crippen LogP contribution >= 0.6 is 12.2 Å². The van der Waals surface area contributed by atoms with Gasteiger partial charge in [0.05, 0.1) is 16.2 Å². The molecule has 0 aliphatic rings. The minimum atomic E-state index is -3.78. The highest BCUT2D eigenvalue weighted by Gasteiger charge is 2.14. The SMILES string of the molecule is NS(=O)(=O)c1ccc(NC(=S)Nc2cc(-c3c(F)cccc3F)[nH]n2)cc1. The van der Waals surface area contributed by atoms with Gasteiger partial charge in [0.1, 0.15) is 11.6 Å². The monoisotopic (exact) mass is 409 g/mol. The summed E-state index contributed by atoms with van der Waals surface area (Å²) < 4.78 is 50.1. The number of nitrogens with two attached hydrogens (primary N) is 1. The summed E-state index contributed by atoms with van der Waals surface area (Å²) in [6.07, 6.45) is 0. The standard InChI is InChI=1S/C16H13F2N5O2S2/c17-11-2-1-3-12(18)15(11)13-8-14(23-22-13)21-16(26)20-9-4-6-10(7-5-9)27(19,24)25/h1-8H,(H2,19,24,25)(H3,20,21,22,23,26). The number of hydrogen-bond acceptors (Lipinski definition) is 4. The molecule has 0 atom stereocenters. The number of nitrogens with zero attached hydrogens (tertiary/aromatic N) is 1. The largest absolute Gasteiger partial charge is 0.332 e. The molecule has 2 aromatic carbocycles. The summed E-state index contributed by atoms with van der Waals surface area (Å²) in [7, 11) is -3.78. The third-order valence-electron chi connectivity index (χ3n) is 3.49. The van der Waals surface area contributed by atoms with Crippen molar-refractivity contribution in [3.05, 3.63) is 60.2 Å². The number of primary sulfonamides is 1. The number of halogens is 2. The summed E-state index contributed by atoms with van der Waals surface area (Å²) in [5.74, 6) is -1.20. The van der Waals surface area contributed by atoms with Crippen LogP contribution in [0.1, 0.15) is 0 Å². The molecular weight excluding hydrogens is 396 g/mol. The Hall–Kier alpha value is -2.89. The number of sulfonamides is 1. The van der Waals surface area contributed by atoms with Crippen LogP contribution in [-0.4, -0.2) is 23.7 Å². The molecule has 3 rings (SSSR count). The number of nitrogens with one attached hydrogen (secondary N) is 3. The molecule has 0 bridgehead atoms. The van der Waals surface area contributed by atoms with Crippen LogP contribution in [0.15, 0.2) is 53.4 Å². The molecule has 1 aromatic heterocycles. The maximum atomic E-state index is 13.8. The van der Waals surface area contributed by atoms with Crippen molar-refractivity contribution in [1.82, 2.24) is 10.2 Å². The van der Waals surface area contributed by atoms with Gasteiger partial charge < -0.3 is 10.6 Å². The lowest BCUT2D eigenvalue weighted by Gasteiger charge is -2.08. The highest BCUT2D eigenvalue weighted by atomic mass is 32.2. The van der Waals surface area contributed by atoms with Crippen LogP contribution in [0, 0.1) is 11.6 Å². The molecule has 1 heterocycles. The molecule has 7 nitrogen and oxygen atoms in total. The van der Waals surface area contributed by atoms with Gasteiger partial charge >= 0.3 is 0 Å². The van der Waals surface area contributed by atoms with Gasteiger partial charge in [-0.15, -0.1) is 0 Å². The number of thiocarbonyl (C=S) groups is 1. The Balaban J connectivity index is 1.70. The number of H-pyrrole nitrogens is 1. The van der Waals surface area contributed by atoms with Crippen molar-refractivity contribution in [3.8, 4) is 11.3 Å². The van der Waals surface area contributed by atoms with Gasteiger partial charge in [0.2, 0.25) is 10.0 Å².